The maximum atomic E-state index is 5.53. The molecule has 4 N–H and O–H groups in total. The highest BCUT2D eigenvalue weighted by molar-refractivity contribution is 5.57. The van der Waals surface area contributed by atoms with Crippen LogP contribution in [0.3, 0.4) is 0 Å². The number of nitrogens with zero attached hydrogens (tertiary/aromatic N) is 2. The van der Waals surface area contributed by atoms with Crippen molar-refractivity contribution in [3.63, 3.8) is 0 Å². The number of nitrogens with two attached hydrogens (primary N) is 1. The van der Waals surface area contributed by atoms with Crippen LogP contribution < -0.4 is 16.6 Å². The summed E-state index contributed by atoms with van der Waals surface area (Å²) in [7, 11) is 0. The summed E-state index contributed by atoms with van der Waals surface area (Å²) in [4.78, 5) is 9.01. The normalized spacial score (nSPS) is 19.2. The van der Waals surface area contributed by atoms with Gasteiger partial charge in [-0.3, -0.25) is 0 Å². The van der Waals surface area contributed by atoms with Gasteiger partial charge in [-0.25, -0.2) is 15.8 Å². The Labute approximate surface area is 114 Å². The third-order valence-corrected chi connectivity index (χ3v) is 3.30. The molecule has 6 nitrogen and oxygen atoms in total. The molecule has 1 aliphatic rings. The van der Waals surface area contributed by atoms with Crippen LogP contribution in [0.5, 0.6) is 0 Å². The molecule has 1 aromatic rings. The van der Waals surface area contributed by atoms with Gasteiger partial charge >= 0.3 is 0 Å². The van der Waals surface area contributed by atoms with E-state index in [1.165, 1.54) is 0 Å². The monoisotopic (exact) mass is 265 g/mol. The van der Waals surface area contributed by atoms with Crippen LogP contribution in [0, 0.1) is 6.92 Å². The van der Waals surface area contributed by atoms with E-state index < -0.39 is 0 Å². The number of hydrogen-bond donors (Lipinski definition) is 3. The van der Waals surface area contributed by atoms with Crippen molar-refractivity contribution in [2.45, 2.75) is 45.6 Å². The quantitative estimate of drug-likeness (QED) is 0.554. The molecule has 1 atom stereocenters. The maximum absolute atomic E-state index is 5.53. The number of rotatable bonds is 5. The molecule has 0 saturated carbocycles. The Morgan fingerprint density at radius 2 is 2.16 bits per heavy atom. The Morgan fingerprint density at radius 1 is 1.37 bits per heavy atom. The van der Waals surface area contributed by atoms with Gasteiger partial charge in [0.25, 0.3) is 0 Å². The summed E-state index contributed by atoms with van der Waals surface area (Å²) >= 11 is 0. The second-order valence-corrected chi connectivity index (χ2v) is 4.91. The highest BCUT2D eigenvalue weighted by Crippen LogP contribution is 2.22. The van der Waals surface area contributed by atoms with Crippen LogP contribution in [0.2, 0.25) is 0 Å². The van der Waals surface area contributed by atoms with Gasteiger partial charge in [0.15, 0.2) is 0 Å². The highest BCUT2D eigenvalue weighted by Gasteiger charge is 2.17. The molecule has 0 bridgehead atoms. The summed E-state index contributed by atoms with van der Waals surface area (Å²) in [6.07, 6.45) is 4.06. The van der Waals surface area contributed by atoms with Crippen LogP contribution in [0.1, 0.15) is 37.6 Å². The molecule has 2 rings (SSSR count). The lowest BCUT2D eigenvalue weighted by molar-refractivity contribution is 0.0875. The largest absolute Gasteiger partial charge is 0.379 e. The summed E-state index contributed by atoms with van der Waals surface area (Å²) in [5, 5.41) is 3.45. The molecule has 1 aromatic heterocycles. The van der Waals surface area contributed by atoms with Crippen LogP contribution in [0.15, 0.2) is 0 Å². The van der Waals surface area contributed by atoms with E-state index >= 15 is 0 Å². The van der Waals surface area contributed by atoms with E-state index in [4.69, 9.17) is 10.6 Å². The van der Waals surface area contributed by atoms with E-state index in [0.717, 1.165) is 56.1 Å². The standard InChI is InChI=1S/C13H23N5O/c1-3-5-11-16-12(9(2)13(17-11)18-14)15-10-6-4-7-19-8-10/h10H,3-8,14H2,1-2H3,(H2,15,16,17,18). The van der Waals surface area contributed by atoms with E-state index in [-0.39, 0.29) is 0 Å². The first-order valence-electron chi connectivity index (χ1n) is 6.93. The van der Waals surface area contributed by atoms with Gasteiger partial charge in [0.2, 0.25) is 0 Å². The third kappa shape index (κ3) is 3.54. The Morgan fingerprint density at radius 3 is 2.79 bits per heavy atom. The Balaban J connectivity index is 2.18. The molecule has 0 spiro atoms. The van der Waals surface area contributed by atoms with Crippen molar-refractivity contribution >= 4 is 11.6 Å². The van der Waals surface area contributed by atoms with Crippen LogP contribution in [-0.2, 0) is 11.2 Å². The summed E-state index contributed by atoms with van der Waals surface area (Å²) in [6, 6.07) is 0.322. The van der Waals surface area contributed by atoms with Gasteiger partial charge in [-0.2, -0.15) is 0 Å². The number of aryl methyl sites for hydroxylation is 1. The lowest BCUT2D eigenvalue weighted by atomic mass is 10.1. The molecule has 0 aliphatic carbocycles. The van der Waals surface area contributed by atoms with Crippen LogP contribution in [0.25, 0.3) is 0 Å². The average Bonchev–Trinajstić information content (AvgIpc) is 2.43. The topological polar surface area (TPSA) is 85.1 Å². The second-order valence-electron chi connectivity index (χ2n) is 4.91. The van der Waals surface area contributed by atoms with Gasteiger partial charge in [0.1, 0.15) is 17.5 Å². The first-order valence-corrected chi connectivity index (χ1v) is 6.93. The molecule has 106 valence electrons. The minimum atomic E-state index is 0.322. The predicted octanol–water partition coefficient (Wildman–Crippen LogP) is 1.61. The van der Waals surface area contributed by atoms with Crippen LogP contribution in [-0.4, -0.2) is 29.2 Å². The Bertz CT molecular complexity index is 418. The molecule has 1 fully saturated rings. The zero-order valence-corrected chi connectivity index (χ0v) is 11.7. The van der Waals surface area contributed by atoms with Gasteiger partial charge in [-0.1, -0.05) is 6.92 Å². The molecular weight excluding hydrogens is 242 g/mol. The van der Waals surface area contributed by atoms with Crippen molar-refractivity contribution in [3.05, 3.63) is 11.4 Å². The number of ether oxygens (including phenoxy) is 1. The number of nitrogens with one attached hydrogen (secondary N) is 2. The lowest BCUT2D eigenvalue weighted by Gasteiger charge is -2.25. The van der Waals surface area contributed by atoms with E-state index in [2.05, 4.69) is 27.6 Å². The average molecular weight is 265 g/mol. The molecule has 0 radical (unpaired) electrons. The van der Waals surface area contributed by atoms with Gasteiger partial charge in [-0.15, -0.1) is 0 Å². The molecule has 0 amide bonds. The summed E-state index contributed by atoms with van der Waals surface area (Å²) in [5.74, 6) is 7.90. The number of hydrazine groups is 1. The minimum absolute atomic E-state index is 0.322. The van der Waals surface area contributed by atoms with Crippen molar-refractivity contribution in [2.24, 2.45) is 5.84 Å². The van der Waals surface area contributed by atoms with E-state index in [1.54, 1.807) is 0 Å². The lowest BCUT2D eigenvalue weighted by Crippen LogP contribution is -2.31. The highest BCUT2D eigenvalue weighted by atomic mass is 16.5. The first-order chi connectivity index (χ1) is 9.24. The van der Waals surface area contributed by atoms with Gasteiger partial charge < -0.3 is 15.5 Å². The minimum Gasteiger partial charge on any atom is -0.379 e. The second kappa shape index (κ2) is 6.68. The van der Waals surface area contributed by atoms with Crippen LogP contribution in [0.4, 0.5) is 11.6 Å². The third-order valence-electron chi connectivity index (χ3n) is 3.30. The van der Waals surface area contributed by atoms with Crippen LogP contribution >= 0.6 is 0 Å². The van der Waals surface area contributed by atoms with Gasteiger partial charge in [0, 0.05) is 18.6 Å². The van der Waals surface area contributed by atoms with E-state index in [9.17, 15) is 0 Å². The van der Waals surface area contributed by atoms with E-state index in [1.807, 2.05) is 6.92 Å². The fraction of sp³-hybridized carbons (Fsp3) is 0.692. The predicted molar refractivity (Wildman–Crippen MR) is 76.0 cm³/mol. The zero-order chi connectivity index (χ0) is 13.7. The van der Waals surface area contributed by atoms with Crippen molar-refractivity contribution in [1.29, 1.82) is 0 Å². The zero-order valence-electron chi connectivity index (χ0n) is 11.7. The molecule has 6 heteroatoms. The van der Waals surface area contributed by atoms with E-state index in [0.29, 0.717) is 11.9 Å². The molecule has 2 heterocycles. The molecule has 19 heavy (non-hydrogen) atoms. The first kappa shape index (κ1) is 14.0. The fourth-order valence-electron chi connectivity index (χ4n) is 2.23. The number of nitrogen functional groups attached to an aromatic ring is 1. The number of aromatic nitrogens is 2. The molecule has 1 saturated heterocycles. The van der Waals surface area contributed by atoms with Crippen molar-refractivity contribution in [1.82, 2.24) is 9.97 Å². The Hall–Kier alpha value is -1.40. The molecule has 0 aromatic carbocycles. The molecular formula is C13H23N5O. The maximum Gasteiger partial charge on any atom is 0.148 e. The van der Waals surface area contributed by atoms with Crippen molar-refractivity contribution in [3.8, 4) is 0 Å². The summed E-state index contributed by atoms with van der Waals surface area (Å²) in [6.45, 7) is 5.67. The summed E-state index contributed by atoms with van der Waals surface area (Å²) in [5.41, 5.74) is 3.60. The Kier molecular flexibility index (Phi) is 4.93. The molecule has 1 unspecified atom stereocenters. The molecule has 1 aliphatic heterocycles. The van der Waals surface area contributed by atoms with Gasteiger partial charge in [0.05, 0.1) is 12.6 Å². The van der Waals surface area contributed by atoms with Crippen molar-refractivity contribution in [2.75, 3.05) is 24.0 Å². The van der Waals surface area contributed by atoms with Gasteiger partial charge in [-0.05, 0) is 26.2 Å². The fourth-order valence-corrected chi connectivity index (χ4v) is 2.23. The number of hydrogen-bond acceptors (Lipinski definition) is 6. The van der Waals surface area contributed by atoms with Crippen molar-refractivity contribution < 1.29 is 4.74 Å². The summed E-state index contributed by atoms with van der Waals surface area (Å²) < 4.78 is 5.48. The number of anilines is 2. The smallest absolute Gasteiger partial charge is 0.148 e. The SMILES string of the molecule is CCCc1nc(NN)c(C)c(NC2CCCOC2)n1.